The van der Waals surface area contributed by atoms with E-state index in [2.05, 4.69) is 4.99 Å². The lowest BCUT2D eigenvalue weighted by molar-refractivity contribution is -0.117. The average Bonchev–Trinajstić information content (AvgIpc) is 2.91. The first-order valence-electron chi connectivity index (χ1n) is 7.03. The van der Waals surface area contributed by atoms with Gasteiger partial charge < -0.3 is 4.90 Å². The van der Waals surface area contributed by atoms with Gasteiger partial charge in [-0.15, -0.1) is 0 Å². The summed E-state index contributed by atoms with van der Waals surface area (Å²) in [5.74, 6) is -2.09. The van der Waals surface area contributed by atoms with Crippen molar-refractivity contribution in [3.8, 4) is 0 Å². The van der Waals surface area contributed by atoms with Crippen LogP contribution in [0.25, 0.3) is 0 Å². The molecule has 1 aromatic rings. The second-order valence-corrected chi connectivity index (χ2v) is 8.77. The summed E-state index contributed by atoms with van der Waals surface area (Å²) in [6, 6.07) is 2.56. The van der Waals surface area contributed by atoms with Gasteiger partial charge in [0, 0.05) is 17.7 Å². The number of carbonyl (C=O) groups excluding carboxylic acids is 1. The lowest BCUT2D eigenvalue weighted by Crippen LogP contribution is -2.38. The average molecular weight is 360 g/mol. The highest BCUT2D eigenvalue weighted by Crippen LogP contribution is 2.41. The fraction of sp³-hybridized carbons (Fsp3) is 0.429. The molecule has 2 heterocycles. The van der Waals surface area contributed by atoms with Crippen LogP contribution in [0.3, 0.4) is 0 Å². The van der Waals surface area contributed by atoms with Crippen LogP contribution in [0, 0.1) is 11.6 Å². The fourth-order valence-electron chi connectivity index (χ4n) is 2.71. The second kappa shape index (κ2) is 5.86. The van der Waals surface area contributed by atoms with Gasteiger partial charge in [-0.2, -0.15) is 4.99 Å². The number of carbonyl (C=O) groups is 1. The Bertz CT molecular complexity index is 795. The van der Waals surface area contributed by atoms with Crippen LogP contribution in [-0.2, 0) is 14.6 Å². The van der Waals surface area contributed by atoms with Gasteiger partial charge in [-0.05, 0) is 12.1 Å². The normalized spacial score (nSPS) is 27.4. The SMILES string of the molecule is CCC(=O)N=C1SC2CS(=O)(=O)CC2N1c1ccc(F)cc1F. The van der Waals surface area contributed by atoms with Crippen molar-refractivity contribution in [2.45, 2.75) is 24.6 Å². The number of amidine groups is 1. The van der Waals surface area contributed by atoms with Crippen LogP contribution in [0.2, 0.25) is 0 Å². The van der Waals surface area contributed by atoms with E-state index in [1.54, 1.807) is 6.92 Å². The number of thioether (sulfide) groups is 1. The Hall–Kier alpha value is -1.48. The summed E-state index contributed by atoms with van der Waals surface area (Å²) in [4.78, 5) is 17.0. The van der Waals surface area contributed by atoms with Crippen molar-refractivity contribution in [2.75, 3.05) is 16.4 Å². The number of nitrogens with zero attached hydrogens (tertiary/aromatic N) is 2. The zero-order valence-corrected chi connectivity index (χ0v) is 13.8. The van der Waals surface area contributed by atoms with Crippen LogP contribution < -0.4 is 4.90 Å². The topological polar surface area (TPSA) is 66.8 Å². The van der Waals surface area contributed by atoms with Gasteiger partial charge in [0.2, 0.25) is 5.91 Å². The molecule has 2 fully saturated rings. The highest BCUT2D eigenvalue weighted by molar-refractivity contribution is 8.16. The molecular weight excluding hydrogens is 346 g/mol. The number of fused-ring (bicyclic) bond motifs is 1. The zero-order valence-electron chi connectivity index (χ0n) is 12.2. The van der Waals surface area contributed by atoms with Crippen LogP contribution in [0.4, 0.5) is 14.5 Å². The lowest BCUT2D eigenvalue weighted by atomic mass is 10.2. The van der Waals surface area contributed by atoms with E-state index in [9.17, 15) is 22.0 Å². The minimum atomic E-state index is -3.22. The molecule has 0 aliphatic carbocycles. The van der Waals surface area contributed by atoms with Gasteiger partial charge in [0.05, 0.1) is 23.2 Å². The van der Waals surface area contributed by atoms with Gasteiger partial charge in [0.1, 0.15) is 11.6 Å². The maximum absolute atomic E-state index is 14.2. The van der Waals surface area contributed by atoms with E-state index in [0.717, 1.165) is 23.9 Å². The first kappa shape index (κ1) is 16.4. The maximum atomic E-state index is 14.2. The molecule has 0 saturated carbocycles. The molecule has 3 rings (SSSR count). The Kier molecular flexibility index (Phi) is 4.18. The van der Waals surface area contributed by atoms with Crippen molar-refractivity contribution >= 4 is 38.4 Å². The zero-order chi connectivity index (χ0) is 16.8. The second-order valence-electron chi connectivity index (χ2n) is 5.41. The molecular formula is C14H14F2N2O3S2. The molecule has 2 aliphatic heterocycles. The predicted octanol–water partition coefficient (Wildman–Crippen LogP) is 1.98. The van der Waals surface area contributed by atoms with Crippen LogP contribution >= 0.6 is 11.8 Å². The summed E-state index contributed by atoms with van der Waals surface area (Å²) < 4.78 is 51.0. The first-order chi connectivity index (χ1) is 10.8. The van der Waals surface area contributed by atoms with Crippen LogP contribution in [0.5, 0.6) is 0 Å². The van der Waals surface area contributed by atoms with Gasteiger partial charge in [-0.3, -0.25) is 4.79 Å². The quantitative estimate of drug-likeness (QED) is 0.807. The van der Waals surface area contributed by atoms with Crippen molar-refractivity contribution in [3.05, 3.63) is 29.8 Å². The fourth-order valence-corrected chi connectivity index (χ4v) is 6.63. The summed E-state index contributed by atoms with van der Waals surface area (Å²) in [7, 11) is -3.22. The molecule has 2 aliphatic rings. The molecule has 23 heavy (non-hydrogen) atoms. The molecule has 0 radical (unpaired) electrons. The molecule has 0 N–H and O–H groups in total. The van der Waals surface area contributed by atoms with Crippen LogP contribution in [0.15, 0.2) is 23.2 Å². The van der Waals surface area contributed by atoms with E-state index >= 15 is 0 Å². The molecule has 1 amide bonds. The molecule has 9 heteroatoms. The molecule has 0 spiro atoms. The number of aliphatic imine (C=N–C) groups is 1. The summed E-state index contributed by atoms with van der Waals surface area (Å²) in [5, 5.41) is -0.0416. The van der Waals surface area contributed by atoms with Crippen molar-refractivity contribution in [3.63, 3.8) is 0 Å². The predicted molar refractivity (Wildman–Crippen MR) is 85.4 cm³/mol. The third-order valence-electron chi connectivity index (χ3n) is 3.76. The molecule has 2 atom stereocenters. The van der Waals surface area contributed by atoms with Gasteiger partial charge in [-0.1, -0.05) is 18.7 Å². The van der Waals surface area contributed by atoms with Gasteiger partial charge in [0.15, 0.2) is 15.0 Å². The monoisotopic (exact) mass is 360 g/mol. The Morgan fingerprint density at radius 2 is 2.13 bits per heavy atom. The standard InChI is InChI=1S/C14H14F2N2O3S2/c1-2-13(19)17-14-18(10-4-3-8(15)5-9(10)16)11-6-23(20,21)7-12(11)22-14/h3-5,11-12H,2,6-7H2,1H3. The smallest absolute Gasteiger partial charge is 0.247 e. The molecule has 5 nitrogen and oxygen atoms in total. The Balaban J connectivity index is 2.06. The van der Waals surface area contributed by atoms with E-state index in [1.165, 1.54) is 11.0 Å². The molecule has 0 bridgehead atoms. The number of halogens is 2. The van der Waals surface area contributed by atoms with Crippen molar-refractivity contribution in [1.29, 1.82) is 0 Å². The highest BCUT2D eigenvalue weighted by atomic mass is 32.2. The molecule has 2 saturated heterocycles. The Labute approximate surface area is 136 Å². The molecule has 1 aromatic carbocycles. The summed E-state index contributed by atoms with van der Waals surface area (Å²) in [6.07, 6.45) is 0.192. The minimum absolute atomic E-state index is 0.0335. The number of hydrogen-bond donors (Lipinski definition) is 0. The highest BCUT2D eigenvalue weighted by Gasteiger charge is 2.49. The maximum Gasteiger partial charge on any atom is 0.247 e. The first-order valence-corrected chi connectivity index (χ1v) is 9.73. The third kappa shape index (κ3) is 3.12. The van der Waals surface area contributed by atoms with E-state index in [0.29, 0.717) is 0 Å². The number of rotatable bonds is 2. The van der Waals surface area contributed by atoms with E-state index < -0.39 is 27.5 Å². The Morgan fingerprint density at radius 3 is 2.78 bits per heavy atom. The van der Waals surface area contributed by atoms with Crippen molar-refractivity contribution in [1.82, 2.24) is 0 Å². The van der Waals surface area contributed by atoms with Crippen molar-refractivity contribution in [2.24, 2.45) is 4.99 Å². The molecule has 0 aromatic heterocycles. The molecule has 2 unspecified atom stereocenters. The largest absolute Gasteiger partial charge is 0.313 e. The van der Waals surface area contributed by atoms with E-state index in [-0.39, 0.29) is 39.9 Å². The summed E-state index contributed by atoms with van der Waals surface area (Å²) in [5.41, 5.74) is 0.0335. The number of sulfone groups is 1. The summed E-state index contributed by atoms with van der Waals surface area (Å²) in [6.45, 7) is 1.65. The minimum Gasteiger partial charge on any atom is -0.313 e. The number of amides is 1. The van der Waals surface area contributed by atoms with E-state index in [1.807, 2.05) is 0 Å². The van der Waals surface area contributed by atoms with Gasteiger partial charge in [-0.25, -0.2) is 17.2 Å². The van der Waals surface area contributed by atoms with Gasteiger partial charge >= 0.3 is 0 Å². The number of hydrogen-bond acceptors (Lipinski definition) is 4. The van der Waals surface area contributed by atoms with E-state index in [4.69, 9.17) is 0 Å². The number of benzene rings is 1. The third-order valence-corrected chi connectivity index (χ3v) is 6.97. The van der Waals surface area contributed by atoms with Crippen molar-refractivity contribution < 1.29 is 22.0 Å². The summed E-state index contributed by atoms with van der Waals surface area (Å²) >= 11 is 1.16. The number of anilines is 1. The van der Waals surface area contributed by atoms with Crippen LogP contribution in [0.1, 0.15) is 13.3 Å². The van der Waals surface area contributed by atoms with Gasteiger partial charge in [0.25, 0.3) is 0 Å². The molecule has 124 valence electrons. The Morgan fingerprint density at radius 1 is 1.39 bits per heavy atom. The van der Waals surface area contributed by atoms with Crippen LogP contribution in [-0.4, -0.2) is 42.3 Å². The lowest BCUT2D eigenvalue weighted by Gasteiger charge is -2.24.